The van der Waals surface area contributed by atoms with Gasteiger partial charge in [0.05, 0.1) is 18.8 Å². The number of benzene rings is 1. The minimum absolute atomic E-state index is 0.0765. The van der Waals surface area contributed by atoms with Crippen LogP contribution in [0.4, 0.5) is 10.2 Å². The molecule has 3 rings (SSSR count). The van der Waals surface area contributed by atoms with Gasteiger partial charge in [0.25, 0.3) is 0 Å². The Morgan fingerprint density at radius 1 is 1.44 bits per heavy atom. The summed E-state index contributed by atoms with van der Waals surface area (Å²) in [6, 6.07) is 6.05. The Hall–Kier alpha value is -2.37. The predicted octanol–water partition coefficient (Wildman–Crippen LogP) is 1.89. The zero-order chi connectivity index (χ0) is 12.7. The summed E-state index contributed by atoms with van der Waals surface area (Å²) in [5.41, 5.74) is 1.05. The van der Waals surface area contributed by atoms with Gasteiger partial charge in [0.1, 0.15) is 17.2 Å². The van der Waals surface area contributed by atoms with Crippen molar-refractivity contribution < 1.29 is 14.3 Å². The average molecular weight is 247 g/mol. The van der Waals surface area contributed by atoms with Gasteiger partial charge in [0.15, 0.2) is 0 Å². The minimum atomic E-state index is -1.01. The fourth-order valence-electron chi connectivity index (χ4n) is 2.10. The van der Waals surface area contributed by atoms with E-state index < -0.39 is 5.97 Å². The van der Waals surface area contributed by atoms with Crippen LogP contribution < -0.4 is 5.32 Å². The van der Waals surface area contributed by atoms with E-state index in [9.17, 15) is 9.18 Å². The van der Waals surface area contributed by atoms with E-state index in [1.165, 1.54) is 18.3 Å². The van der Waals surface area contributed by atoms with Crippen molar-refractivity contribution in [2.75, 3.05) is 5.32 Å². The summed E-state index contributed by atoms with van der Waals surface area (Å²) in [5.74, 6) is -0.805. The van der Waals surface area contributed by atoms with Crippen LogP contribution >= 0.6 is 0 Å². The van der Waals surface area contributed by atoms with Crippen LogP contribution in [0.2, 0.25) is 0 Å². The molecule has 0 saturated heterocycles. The van der Waals surface area contributed by atoms with Gasteiger partial charge >= 0.3 is 5.97 Å². The summed E-state index contributed by atoms with van der Waals surface area (Å²) in [4.78, 5) is 11.0. The fraction of sp³-hybridized carbons (Fsp3) is 0.167. The molecule has 0 saturated carbocycles. The molecule has 0 fully saturated rings. The zero-order valence-electron chi connectivity index (χ0n) is 9.30. The first-order valence-electron chi connectivity index (χ1n) is 5.46. The third-order valence-corrected chi connectivity index (χ3v) is 3.01. The lowest BCUT2D eigenvalue weighted by molar-refractivity contribution is 0.0698. The Bertz CT molecular complexity index is 606. The second-order valence-corrected chi connectivity index (χ2v) is 4.14. The number of aromatic carboxylic acids is 1. The first-order valence-corrected chi connectivity index (χ1v) is 5.46. The van der Waals surface area contributed by atoms with Crippen molar-refractivity contribution >= 4 is 11.8 Å². The molecule has 2 heterocycles. The molecule has 0 radical (unpaired) electrons. The topological polar surface area (TPSA) is 67.1 Å². The summed E-state index contributed by atoms with van der Waals surface area (Å²) in [6.45, 7) is 0.536. The van der Waals surface area contributed by atoms with Crippen molar-refractivity contribution in [3.63, 3.8) is 0 Å². The highest BCUT2D eigenvalue weighted by molar-refractivity contribution is 5.93. The van der Waals surface area contributed by atoms with Gasteiger partial charge in [-0.2, -0.15) is 5.10 Å². The molecule has 92 valence electrons. The normalized spacial score (nSPS) is 17.3. The maximum Gasteiger partial charge on any atom is 0.341 e. The minimum Gasteiger partial charge on any atom is -0.477 e. The molecule has 1 atom stereocenters. The highest BCUT2D eigenvalue weighted by Crippen LogP contribution is 2.31. The van der Waals surface area contributed by atoms with E-state index in [2.05, 4.69) is 10.4 Å². The predicted molar refractivity (Wildman–Crippen MR) is 62.0 cm³/mol. The molecule has 5 nitrogen and oxygen atoms in total. The Morgan fingerprint density at radius 2 is 2.17 bits per heavy atom. The van der Waals surface area contributed by atoms with Crippen LogP contribution in [0.5, 0.6) is 0 Å². The quantitative estimate of drug-likeness (QED) is 0.850. The summed E-state index contributed by atoms with van der Waals surface area (Å²) in [7, 11) is 0. The van der Waals surface area contributed by atoms with Crippen LogP contribution in [0.25, 0.3) is 0 Å². The highest BCUT2D eigenvalue weighted by Gasteiger charge is 2.27. The SMILES string of the molecule is O=C(O)c1cnn2c1N[C@H](c1ccc(F)cc1)C2. The standard InChI is InChI=1S/C12H10FN3O2/c13-8-3-1-7(2-4-8)10-6-16-11(15-10)9(5-14-16)12(17)18/h1-5,10,15H,6H2,(H,17,18)/t10-/m0/s1. The molecule has 6 heteroatoms. The molecular formula is C12H10FN3O2. The van der Waals surface area contributed by atoms with Crippen molar-refractivity contribution in [1.29, 1.82) is 0 Å². The van der Waals surface area contributed by atoms with E-state index in [1.807, 2.05) is 0 Å². The van der Waals surface area contributed by atoms with Crippen molar-refractivity contribution in [3.8, 4) is 0 Å². The number of nitrogens with one attached hydrogen (secondary N) is 1. The Balaban J connectivity index is 1.89. The monoisotopic (exact) mass is 247 g/mol. The van der Waals surface area contributed by atoms with Gasteiger partial charge in [-0.1, -0.05) is 12.1 Å². The number of anilines is 1. The van der Waals surface area contributed by atoms with Crippen molar-refractivity contribution in [3.05, 3.63) is 47.4 Å². The molecule has 1 aromatic heterocycles. The molecule has 1 aromatic carbocycles. The van der Waals surface area contributed by atoms with E-state index in [4.69, 9.17) is 5.11 Å². The van der Waals surface area contributed by atoms with Crippen LogP contribution in [0.15, 0.2) is 30.5 Å². The molecule has 1 aliphatic heterocycles. The fourth-order valence-corrected chi connectivity index (χ4v) is 2.10. The third-order valence-electron chi connectivity index (χ3n) is 3.01. The van der Waals surface area contributed by atoms with Gasteiger partial charge in [-0.15, -0.1) is 0 Å². The maximum atomic E-state index is 12.8. The second-order valence-electron chi connectivity index (χ2n) is 4.14. The number of hydrogen-bond acceptors (Lipinski definition) is 3. The van der Waals surface area contributed by atoms with Crippen LogP contribution in [0, 0.1) is 5.82 Å². The zero-order valence-corrected chi connectivity index (χ0v) is 9.30. The van der Waals surface area contributed by atoms with Crippen molar-refractivity contribution in [2.24, 2.45) is 0 Å². The molecule has 0 aliphatic carbocycles. The Morgan fingerprint density at radius 3 is 2.83 bits per heavy atom. The number of aromatic nitrogens is 2. The molecule has 0 unspecified atom stereocenters. The van der Waals surface area contributed by atoms with Crippen molar-refractivity contribution in [2.45, 2.75) is 12.6 Å². The van der Waals surface area contributed by atoms with Crippen LogP contribution in [-0.4, -0.2) is 20.9 Å². The number of fused-ring (bicyclic) bond motifs is 1. The smallest absolute Gasteiger partial charge is 0.341 e. The van der Waals surface area contributed by atoms with Gasteiger partial charge in [-0.25, -0.2) is 13.9 Å². The number of halogens is 1. The number of carbonyl (C=O) groups is 1. The lowest BCUT2D eigenvalue weighted by Gasteiger charge is -2.10. The maximum absolute atomic E-state index is 12.8. The van der Waals surface area contributed by atoms with Gasteiger partial charge in [-0.05, 0) is 17.7 Å². The molecule has 0 amide bonds. The summed E-state index contributed by atoms with van der Waals surface area (Å²) in [6.07, 6.45) is 1.32. The van der Waals surface area contributed by atoms with Gasteiger partial charge in [0, 0.05) is 0 Å². The summed E-state index contributed by atoms with van der Waals surface area (Å²) < 4.78 is 14.4. The number of nitrogens with zero attached hydrogens (tertiary/aromatic N) is 2. The molecule has 0 spiro atoms. The van der Waals surface area contributed by atoms with Gasteiger partial charge in [0.2, 0.25) is 0 Å². The van der Waals surface area contributed by atoms with E-state index in [1.54, 1.807) is 16.8 Å². The largest absolute Gasteiger partial charge is 0.477 e. The highest BCUT2D eigenvalue weighted by atomic mass is 19.1. The molecule has 1 aliphatic rings. The Labute approximate surface area is 102 Å². The molecule has 2 aromatic rings. The summed E-state index contributed by atoms with van der Waals surface area (Å²) in [5, 5.41) is 16.1. The number of carboxylic acid groups (broad SMARTS) is 1. The number of rotatable bonds is 2. The number of carboxylic acids is 1. The molecule has 18 heavy (non-hydrogen) atoms. The van der Waals surface area contributed by atoms with E-state index in [0.717, 1.165) is 5.56 Å². The van der Waals surface area contributed by atoms with Crippen LogP contribution in [0.3, 0.4) is 0 Å². The lowest BCUT2D eigenvalue weighted by Crippen LogP contribution is -2.08. The third kappa shape index (κ3) is 1.62. The molecule has 0 bridgehead atoms. The van der Waals surface area contributed by atoms with Gasteiger partial charge < -0.3 is 10.4 Å². The second kappa shape index (κ2) is 3.83. The van der Waals surface area contributed by atoms with E-state index >= 15 is 0 Å². The van der Waals surface area contributed by atoms with E-state index in [0.29, 0.717) is 12.4 Å². The number of hydrogen-bond donors (Lipinski definition) is 2. The molecular weight excluding hydrogens is 237 g/mol. The van der Waals surface area contributed by atoms with Crippen LogP contribution in [-0.2, 0) is 6.54 Å². The Kier molecular flexibility index (Phi) is 2.29. The first-order chi connectivity index (χ1) is 8.65. The van der Waals surface area contributed by atoms with E-state index in [-0.39, 0.29) is 17.4 Å². The summed E-state index contributed by atoms with van der Waals surface area (Å²) >= 11 is 0. The molecule has 2 N–H and O–H groups in total. The first kappa shape index (κ1) is 10.8. The van der Waals surface area contributed by atoms with Gasteiger partial charge in [-0.3, -0.25) is 0 Å². The lowest BCUT2D eigenvalue weighted by atomic mass is 10.1. The van der Waals surface area contributed by atoms with Crippen molar-refractivity contribution in [1.82, 2.24) is 9.78 Å². The van der Waals surface area contributed by atoms with Crippen LogP contribution in [0.1, 0.15) is 22.0 Å². The average Bonchev–Trinajstić information content (AvgIpc) is 2.88.